The maximum Gasteiger partial charge on any atom is 0.288 e. The summed E-state index contributed by atoms with van der Waals surface area (Å²) in [6, 6.07) is 0. The first-order valence-electron chi connectivity index (χ1n) is 9.75. The predicted molar refractivity (Wildman–Crippen MR) is 103 cm³/mol. The topological polar surface area (TPSA) is 287 Å². The van der Waals surface area contributed by atoms with Crippen LogP contribution < -0.4 is 11.5 Å². The van der Waals surface area contributed by atoms with Crippen LogP contribution in [0.15, 0.2) is 12.7 Å². The molecule has 2 saturated heterocycles. The van der Waals surface area contributed by atoms with Crippen molar-refractivity contribution in [3.63, 3.8) is 0 Å². The van der Waals surface area contributed by atoms with Crippen molar-refractivity contribution in [2.45, 2.75) is 49.1 Å². The fourth-order valence-electron chi connectivity index (χ4n) is 3.22. The summed E-state index contributed by atoms with van der Waals surface area (Å²) < 4.78 is 12.5. The minimum Gasteiger partial charge on any atom is -0.394 e. The zero-order valence-electron chi connectivity index (χ0n) is 17.3. The third kappa shape index (κ3) is 5.03. The number of aliphatic hydroxyl groups is 6. The molecular weight excluding hydrogens is 464 g/mol. The summed E-state index contributed by atoms with van der Waals surface area (Å²) in [6.07, 6.45) is -6.53. The summed E-state index contributed by atoms with van der Waals surface area (Å²) in [5, 5.41) is 63.6. The number of nitrogens with zero attached hydrogens (tertiary/aromatic N) is 6. The molecule has 0 spiro atoms. The van der Waals surface area contributed by atoms with E-state index in [2.05, 4.69) is 20.2 Å². The van der Waals surface area contributed by atoms with Crippen LogP contribution in [-0.4, -0.2) is 122 Å². The van der Waals surface area contributed by atoms with E-state index in [4.69, 9.17) is 31.2 Å². The summed E-state index contributed by atoms with van der Waals surface area (Å²) in [4.78, 5) is 28.8. The number of hydrogen-bond donors (Lipinski definition) is 8. The summed E-state index contributed by atoms with van der Waals surface area (Å²) in [6.45, 7) is -0.877. The van der Waals surface area contributed by atoms with Gasteiger partial charge in [0.1, 0.15) is 49.3 Å². The Labute approximate surface area is 190 Å². The Balaban J connectivity index is 0.000000191. The van der Waals surface area contributed by atoms with E-state index < -0.39 is 74.1 Å². The van der Waals surface area contributed by atoms with Gasteiger partial charge in [0, 0.05) is 0 Å². The molecule has 0 aromatic carbocycles. The molecule has 18 nitrogen and oxygen atoms in total. The Morgan fingerprint density at radius 2 is 1.12 bits per heavy atom. The molecule has 2 aromatic rings. The van der Waals surface area contributed by atoms with Gasteiger partial charge >= 0.3 is 0 Å². The summed E-state index contributed by atoms with van der Waals surface area (Å²) in [7, 11) is 0. The van der Waals surface area contributed by atoms with Gasteiger partial charge in [-0.15, -0.1) is 10.2 Å². The van der Waals surface area contributed by atoms with E-state index in [1.165, 1.54) is 0 Å². The van der Waals surface area contributed by atoms with Crippen LogP contribution in [0.3, 0.4) is 0 Å². The Morgan fingerprint density at radius 1 is 0.765 bits per heavy atom. The zero-order valence-corrected chi connectivity index (χ0v) is 17.3. The molecule has 2 aromatic heterocycles. The second kappa shape index (κ2) is 10.4. The number of ether oxygens (including phenoxy) is 2. The number of aromatic nitrogens is 6. The van der Waals surface area contributed by atoms with Gasteiger partial charge in [0.2, 0.25) is 11.6 Å². The average Bonchev–Trinajstić information content (AvgIpc) is 3.58. The molecule has 2 aliphatic rings. The Bertz CT molecular complexity index is 922. The van der Waals surface area contributed by atoms with Crippen molar-refractivity contribution in [3.05, 3.63) is 24.3 Å². The molecule has 8 atom stereocenters. The molecule has 2 fully saturated rings. The van der Waals surface area contributed by atoms with Crippen LogP contribution in [0.4, 0.5) is 0 Å². The third-order valence-electron chi connectivity index (χ3n) is 5.01. The lowest BCUT2D eigenvalue weighted by atomic mass is 10.1. The largest absolute Gasteiger partial charge is 0.394 e. The second-order valence-electron chi connectivity index (χ2n) is 7.28. The average molecular weight is 488 g/mol. The third-order valence-corrected chi connectivity index (χ3v) is 5.01. The van der Waals surface area contributed by atoms with Crippen LogP contribution in [0.2, 0.25) is 0 Å². The fraction of sp³-hybridized carbons (Fsp3) is 0.625. The molecule has 0 aliphatic carbocycles. The maximum absolute atomic E-state index is 10.8. The molecule has 2 amide bonds. The molecule has 0 radical (unpaired) electrons. The summed E-state index contributed by atoms with van der Waals surface area (Å²) >= 11 is 0. The highest BCUT2D eigenvalue weighted by molar-refractivity contribution is 5.88. The van der Waals surface area contributed by atoms with E-state index in [1.807, 2.05) is 0 Å². The molecular formula is C16H24N8O10. The van der Waals surface area contributed by atoms with Crippen molar-refractivity contribution in [1.82, 2.24) is 29.5 Å². The van der Waals surface area contributed by atoms with Gasteiger partial charge in [0.15, 0.2) is 12.5 Å². The van der Waals surface area contributed by atoms with Gasteiger partial charge in [0.25, 0.3) is 11.8 Å². The first-order valence-corrected chi connectivity index (χ1v) is 9.75. The highest BCUT2D eigenvalue weighted by Crippen LogP contribution is 2.29. The molecule has 188 valence electrons. The van der Waals surface area contributed by atoms with E-state index in [-0.39, 0.29) is 11.6 Å². The quantitative estimate of drug-likeness (QED) is 0.188. The van der Waals surface area contributed by atoms with Gasteiger partial charge in [0.05, 0.1) is 13.2 Å². The monoisotopic (exact) mass is 488 g/mol. The number of nitrogens with two attached hydrogens (primary N) is 2. The first kappa shape index (κ1) is 25.5. The molecule has 0 saturated carbocycles. The van der Waals surface area contributed by atoms with E-state index in [1.54, 1.807) is 0 Å². The second-order valence-corrected chi connectivity index (χ2v) is 7.28. The number of carbonyl (C=O) groups is 2. The molecule has 0 unspecified atom stereocenters. The van der Waals surface area contributed by atoms with Crippen LogP contribution in [-0.2, 0) is 9.47 Å². The molecule has 34 heavy (non-hydrogen) atoms. The number of aliphatic hydroxyl groups excluding tert-OH is 6. The maximum atomic E-state index is 10.8. The van der Waals surface area contributed by atoms with E-state index in [9.17, 15) is 30.0 Å². The highest BCUT2D eigenvalue weighted by Gasteiger charge is 2.45. The minimum absolute atomic E-state index is 0.220. The van der Waals surface area contributed by atoms with E-state index in [0.717, 1.165) is 22.0 Å². The number of hydrogen-bond acceptors (Lipinski definition) is 14. The number of primary amides is 2. The van der Waals surface area contributed by atoms with Crippen molar-refractivity contribution in [3.8, 4) is 0 Å². The number of amides is 2. The van der Waals surface area contributed by atoms with Crippen LogP contribution in [0.25, 0.3) is 0 Å². The normalized spacial score (nSPS) is 32.9. The lowest BCUT2D eigenvalue weighted by Crippen LogP contribution is -2.33. The molecule has 4 heterocycles. The van der Waals surface area contributed by atoms with Crippen LogP contribution in [0, 0.1) is 0 Å². The summed E-state index contributed by atoms with van der Waals surface area (Å²) in [5.41, 5.74) is 9.94. The Morgan fingerprint density at radius 3 is 1.35 bits per heavy atom. The van der Waals surface area contributed by atoms with Crippen molar-refractivity contribution < 1.29 is 49.7 Å². The van der Waals surface area contributed by atoms with Crippen molar-refractivity contribution in [2.75, 3.05) is 13.2 Å². The first-order chi connectivity index (χ1) is 16.1. The molecule has 2 aliphatic heterocycles. The van der Waals surface area contributed by atoms with Crippen molar-refractivity contribution in [2.24, 2.45) is 11.5 Å². The lowest BCUT2D eigenvalue weighted by molar-refractivity contribution is -0.0588. The molecule has 0 bridgehead atoms. The van der Waals surface area contributed by atoms with Crippen molar-refractivity contribution in [1.29, 1.82) is 0 Å². The van der Waals surface area contributed by atoms with E-state index in [0.29, 0.717) is 0 Å². The van der Waals surface area contributed by atoms with Gasteiger partial charge in [-0.2, -0.15) is 0 Å². The highest BCUT2D eigenvalue weighted by atomic mass is 16.6. The SMILES string of the molecule is NC(=O)c1ncn([C@@H]2O[C@H](CO)[C@H](O)[C@@H]2O)n1.NC(=O)c1ncn([C@H]2O[C@@H](CO)[C@@H](O)[C@H]2O)n1. The van der Waals surface area contributed by atoms with Crippen LogP contribution in [0.5, 0.6) is 0 Å². The number of rotatable bonds is 6. The summed E-state index contributed by atoms with van der Waals surface area (Å²) in [5.74, 6) is -2.06. The van der Waals surface area contributed by atoms with Gasteiger partial charge in [-0.1, -0.05) is 0 Å². The molecule has 4 rings (SSSR count). The standard InChI is InChI=1S/2C8H12N4O5/c2*9-6(16)7-10-2-12(11-7)8-5(15)4(14)3(1-13)17-8/h2*2-5,8,13-15H,1H2,(H2,9,16)/t2*3-,4+,5+,8-/m10/s1. The van der Waals surface area contributed by atoms with Gasteiger partial charge in [-0.05, 0) is 0 Å². The number of carbonyl (C=O) groups excluding carboxylic acids is 2. The Kier molecular flexibility index (Phi) is 7.84. The molecule has 18 heteroatoms. The van der Waals surface area contributed by atoms with Crippen LogP contribution >= 0.6 is 0 Å². The zero-order chi connectivity index (χ0) is 25.2. The fourth-order valence-corrected chi connectivity index (χ4v) is 3.22. The smallest absolute Gasteiger partial charge is 0.288 e. The minimum atomic E-state index is -1.27. The van der Waals surface area contributed by atoms with Gasteiger partial charge in [-0.3, -0.25) is 9.59 Å². The Hall–Kier alpha value is -3.10. The predicted octanol–water partition coefficient (Wildman–Crippen LogP) is -6.02. The lowest BCUT2D eigenvalue weighted by Gasteiger charge is -2.13. The molecule has 10 N–H and O–H groups in total. The van der Waals surface area contributed by atoms with Gasteiger partial charge < -0.3 is 51.6 Å². The van der Waals surface area contributed by atoms with Crippen molar-refractivity contribution >= 4 is 11.8 Å². The van der Waals surface area contributed by atoms with E-state index >= 15 is 0 Å². The van der Waals surface area contributed by atoms with Gasteiger partial charge in [-0.25, -0.2) is 19.3 Å². The van der Waals surface area contributed by atoms with Crippen LogP contribution in [0.1, 0.15) is 33.7 Å².